The Morgan fingerprint density at radius 2 is 2.38 bits per heavy atom. The summed E-state index contributed by atoms with van der Waals surface area (Å²) in [5, 5.41) is 11.2. The third kappa shape index (κ3) is 2.93. The van der Waals surface area contributed by atoms with Gasteiger partial charge in [-0.1, -0.05) is 6.07 Å². The maximum Gasteiger partial charge on any atom is 0.254 e. The molecule has 2 N–H and O–H groups in total. The molecular weight excluding hydrogens is 264 g/mol. The van der Waals surface area contributed by atoms with Crippen molar-refractivity contribution in [2.45, 2.75) is 31.7 Å². The Morgan fingerprint density at radius 1 is 1.48 bits per heavy atom. The Kier molecular flexibility index (Phi) is 4.20. The molecule has 5 heteroatoms. The molecule has 1 unspecified atom stereocenters. The molecule has 21 heavy (non-hydrogen) atoms. The van der Waals surface area contributed by atoms with Gasteiger partial charge in [0.05, 0.1) is 11.7 Å². The average molecular weight is 286 g/mol. The average Bonchev–Trinajstić information content (AvgIpc) is 3.00. The summed E-state index contributed by atoms with van der Waals surface area (Å²) in [4.78, 5) is 14.9. The molecule has 1 fully saturated rings. The Labute approximate surface area is 124 Å². The highest BCUT2D eigenvalue weighted by Crippen LogP contribution is 2.23. The first-order chi connectivity index (χ1) is 10.3. The topological polar surface area (TPSA) is 61.0 Å². The molecule has 1 aliphatic rings. The number of amides is 1. The maximum atomic E-state index is 12.8. The van der Waals surface area contributed by atoms with Gasteiger partial charge in [0, 0.05) is 23.5 Å². The SMILES string of the molecule is CNCCC1CCCCN1C(=O)c1ccc2cn[nH]c2c1. The number of aromatic nitrogens is 2. The van der Waals surface area contributed by atoms with Crippen molar-refractivity contribution in [3.8, 4) is 0 Å². The molecule has 2 heterocycles. The van der Waals surface area contributed by atoms with E-state index in [0.29, 0.717) is 6.04 Å². The van der Waals surface area contributed by atoms with Gasteiger partial charge in [-0.3, -0.25) is 9.89 Å². The molecule has 0 aliphatic carbocycles. The van der Waals surface area contributed by atoms with Gasteiger partial charge in [0.2, 0.25) is 0 Å². The van der Waals surface area contributed by atoms with E-state index in [1.807, 2.05) is 25.2 Å². The fourth-order valence-electron chi connectivity index (χ4n) is 3.11. The first kappa shape index (κ1) is 14.1. The van der Waals surface area contributed by atoms with Gasteiger partial charge in [-0.15, -0.1) is 0 Å². The van der Waals surface area contributed by atoms with Crippen LogP contribution >= 0.6 is 0 Å². The smallest absolute Gasteiger partial charge is 0.254 e. The maximum absolute atomic E-state index is 12.8. The highest BCUT2D eigenvalue weighted by Gasteiger charge is 2.27. The number of nitrogens with zero attached hydrogens (tertiary/aromatic N) is 2. The summed E-state index contributed by atoms with van der Waals surface area (Å²) in [5.74, 6) is 0.146. The van der Waals surface area contributed by atoms with Crippen LogP contribution in [0.4, 0.5) is 0 Å². The lowest BCUT2D eigenvalue weighted by Gasteiger charge is -2.36. The number of benzene rings is 1. The predicted octanol–water partition coefficient (Wildman–Crippen LogP) is 2.17. The molecule has 1 atom stereocenters. The number of carbonyl (C=O) groups excluding carboxylic acids is 1. The Balaban J connectivity index is 1.80. The van der Waals surface area contributed by atoms with Crippen LogP contribution in [0.1, 0.15) is 36.0 Å². The van der Waals surface area contributed by atoms with Crippen molar-refractivity contribution in [3.05, 3.63) is 30.0 Å². The van der Waals surface area contributed by atoms with Gasteiger partial charge in [0.1, 0.15) is 0 Å². The fraction of sp³-hybridized carbons (Fsp3) is 0.500. The standard InChI is InChI=1S/C16H22N4O/c1-17-8-7-14-4-2-3-9-20(14)16(21)12-5-6-13-11-18-19-15(13)10-12/h5-6,10-11,14,17H,2-4,7-9H2,1H3,(H,18,19). The minimum absolute atomic E-state index is 0.146. The third-order valence-corrected chi connectivity index (χ3v) is 4.30. The molecule has 0 bridgehead atoms. The van der Waals surface area contributed by atoms with Crippen LogP contribution in [0.5, 0.6) is 0 Å². The zero-order valence-electron chi connectivity index (χ0n) is 12.4. The van der Waals surface area contributed by atoms with Crippen LogP contribution in [0.25, 0.3) is 10.9 Å². The van der Waals surface area contributed by atoms with Crippen molar-refractivity contribution in [3.63, 3.8) is 0 Å². The molecule has 5 nitrogen and oxygen atoms in total. The monoisotopic (exact) mass is 286 g/mol. The molecule has 112 valence electrons. The summed E-state index contributed by atoms with van der Waals surface area (Å²) in [7, 11) is 1.96. The molecule has 1 aromatic heterocycles. The van der Waals surface area contributed by atoms with Gasteiger partial charge < -0.3 is 10.2 Å². The summed E-state index contributed by atoms with van der Waals surface area (Å²) in [6, 6.07) is 6.13. The summed E-state index contributed by atoms with van der Waals surface area (Å²) in [6.07, 6.45) is 6.24. The first-order valence-corrected chi connectivity index (χ1v) is 7.68. The molecule has 0 radical (unpaired) electrons. The van der Waals surface area contributed by atoms with Crippen LogP contribution in [0.15, 0.2) is 24.4 Å². The summed E-state index contributed by atoms with van der Waals surface area (Å²) in [6.45, 7) is 1.82. The summed E-state index contributed by atoms with van der Waals surface area (Å²) < 4.78 is 0. The number of piperidine rings is 1. The summed E-state index contributed by atoms with van der Waals surface area (Å²) in [5.41, 5.74) is 1.67. The largest absolute Gasteiger partial charge is 0.336 e. The fourth-order valence-corrected chi connectivity index (χ4v) is 3.11. The number of likely N-dealkylation sites (tertiary alicyclic amines) is 1. The highest BCUT2D eigenvalue weighted by molar-refractivity contribution is 5.97. The number of rotatable bonds is 4. The number of fused-ring (bicyclic) bond motifs is 1. The molecule has 0 saturated carbocycles. The van der Waals surface area contributed by atoms with Crippen molar-refractivity contribution in [1.29, 1.82) is 0 Å². The number of hydrogen-bond acceptors (Lipinski definition) is 3. The number of hydrogen-bond donors (Lipinski definition) is 2. The second kappa shape index (κ2) is 6.26. The zero-order chi connectivity index (χ0) is 14.7. The van der Waals surface area contributed by atoms with E-state index in [1.165, 1.54) is 6.42 Å². The highest BCUT2D eigenvalue weighted by atomic mass is 16.2. The lowest BCUT2D eigenvalue weighted by atomic mass is 9.98. The molecule has 3 rings (SSSR count). The number of nitrogens with one attached hydrogen (secondary N) is 2. The molecule has 1 aliphatic heterocycles. The van der Waals surface area contributed by atoms with Crippen LogP contribution in [0.3, 0.4) is 0 Å². The quantitative estimate of drug-likeness (QED) is 0.905. The van der Waals surface area contributed by atoms with E-state index in [0.717, 1.165) is 48.8 Å². The minimum Gasteiger partial charge on any atom is -0.336 e. The number of aromatic amines is 1. The third-order valence-electron chi connectivity index (χ3n) is 4.30. The van der Waals surface area contributed by atoms with Gasteiger partial charge in [-0.05, 0) is 51.4 Å². The molecule has 1 amide bonds. The molecule has 2 aromatic rings. The van der Waals surface area contributed by atoms with E-state index in [4.69, 9.17) is 0 Å². The second-order valence-corrected chi connectivity index (χ2v) is 5.71. The van der Waals surface area contributed by atoms with Crippen molar-refractivity contribution < 1.29 is 4.79 Å². The van der Waals surface area contributed by atoms with E-state index in [9.17, 15) is 4.79 Å². The Bertz CT molecular complexity index is 622. The van der Waals surface area contributed by atoms with Gasteiger partial charge in [0.25, 0.3) is 5.91 Å². The Hall–Kier alpha value is -1.88. The van der Waals surface area contributed by atoms with Crippen LogP contribution < -0.4 is 5.32 Å². The molecule has 1 aromatic carbocycles. The van der Waals surface area contributed by atoms with Crippen molar-refractivity contribution in [2.24, 2.45) is 0 Å². The molecule has 0 spiro atoms. The lowest BCUT2D eigenvalue weighted by molar-refractivity contribution is 0.0602. The van der Waals surface area contributed by atoms with Crippen molar-refractivity contribution >= 4 is 16.8 Å². The minimum atomic E-state index is 0.146. The molecular formula is C16H22N4O. The van der Waals surface area contributed by atoms with Crippen LogP contribution in [-0.4, -0.2) is 47.2 Å². The van der Waals surface area contributed by atoms with E-state index < -0.39 is 0 Å². The normalized spacial score (nSPS) is 19.1. The first-order valence-electron chi connectivity index (χ1n) is 7.68. The number of H-pyrrole nitrogens is 1. The van der Waals surface area contributed by atoms with Gasteiger partial charge >= 0.3 is 0 Å². The Morgan fingerprint density at radius 3 is 3.24 bits per heavy atom. The summed E-state index contributed by atoms with van der Waals surface area (Å²) >= 11 is 0. The predicted molar refractivity (Wildman–Crippen MR) is 83.3 cm³/mol. The van der Waals surface area contributed by atoms with E-state index in [-0.39, 0.29) is 5.91 Å². The second-order valence-electron chi connectivity index (χ2n) is 5.71. The van der Waals surface area contributed by atoms with Crippen molar-refractivity contribution in [2.75, 3.05) is 20.1 Å². The zero-order valence-corrected chi connectivity index (χ0v) is 12.4. The van der Waals surface area contributed by atoms with Crippen molar-refractivity contribution in [1.82, 2.24) is 20.4 Å². The van der Waals surface area contributed by atoms with Gasteiger partial charge in [-0.2, -0.15) is 5.10 Å². The van der Waals surface area contributed by atoms with E-state index in [2.05, 4.69) is 20.4 Å². The van der Waals surface area contributed by atoms with Crippen LogP contribution in [-0.2, 0) is 0 Å². The van der Waals surface area contributed by atoms with Crippen LogP contribution in [0, 0.1) is 0 Å². The van der Waals surface area contributed by atoms with Gasteiger partial charge in [0.15, 0.2) is 0 Å². The number of carbonyl (C=O) groups is 1. The van der Waals surface area contributed by atoms with E-state index in [1.54, 1.807) is 6.20 Å². The van der Waals surface area contributed by atoms with Crippen LogP contribution in [0.2, 0.25) is 0 Å². The molecule has 1 saturated heterocycles. The van der Waals surface area contributed by atoms with E-state index >= 15 is 0 Å². The van der Waals surface area contributed by atoms with Gasteiger partial charge in [-0.25, -0.2) is 0 Å². The lowest BCUT2D eigenvalue weighted by Crippen LogP contribution is -2.44.